The molecule has 0 bridgehead atoms. The molecule has 1 rings (SSSR count). The van der Waals surface area contributed by atoms with Crippen LogP contribution in [0.25, 0.3) is 0 Å². The number of rotatable bonds is 7. The maximum Gasteiger partial charge on any atom is 0.303 e. The molecule has 110 valence electrons. The number of aryl methyl sites for hydroxylation is 1. The van der Waals surface area contributed by atoms with E-state index in [2.05, 4.69) is 19.2 Å². The van der Waals surface area contributed by atoms with Gasteiger partial charge in [-0.25, -0.2) is 0 Å². The van der Waals surface area contributed by atoms with Crippen LogP contribution < -0.4 is 5.32 Å². The number of hydrogen-bond acceptors (Lipinski definition) is 2. The van der Waals surface area contributed by atoms with E-state index in [1.807, 2.05) is 25.1 Å². The Morgan fingerprint density at radius 3 is 2.55 bits per heavy atom. The van der Waals surface area contributed by atoms with Gasteiger partial charge in [0.05, 0.1) is 0 Å². The van der Waals surface area contributed by atoms with Crippen LogP contribution in [-0.4, -0.2) is 23.5 Å². The first kappa shape index (κ1) is 16.2. The molecule has 0 aliphatic heterocycles. The molecule has 0 radical (unpaired) electrons. The number of carboxylic acids is 1. The average Bonchev–Trinajstić information content (AvgIpc) is 2.34. The number of carbonyl (C=O) groups is 2. The molecule has 0 heterocycles. The molecule has 0 aliphatic carbocycles. The van der Waals surface area contributed by atoms with E-state index in [1.54, 1.807) is 6.07 Å². The molecule has 0 aromatic heterocycles. The number of nitrogens with one attached hydrogen (secondary N) is 1. The third-order valence-electron chi connectivity index (χ3n) is 3.10. The van der Waals surface area contributed by atoms with Crippen LogP contribution in [0.5, 0.6) is 0 Å². The fraction of sp³-hybridized carbons (Fsp3) is 0.500. The van der Waals surface area contributed by atoms with E-state index < -0.39 is 5.97 Å². The van der Waals surface area contributed by atoms with Crippen molar-refractivity contribution in [1.82, 2.24) is 5.32 Å². The lowest BCUT2D eigenvalue weighted by molar-refractivity contribution is -0.138. The summed E-state index contributed by atoms with van der Waals surface area (Å²) in [5, 5.41) is 11.7. The summed E-state index contributed by atoms with van der Waals surface area (Å²) in [6, 6.07) is 7.36. The van der Waals surface area contributed by atoms with Crippen molar-refractivity contribution in [2.24, 2.45) is 11.8 Å². The van der Waals surface area contributed by atoms with Gasteiger partial charge in [-0.05, 0) is 37.3 Å². The molecular weight excluding hydrogens is 254 g/mol. The van der Waals surface area contributed by atoms with Gasteiger partial charge >= 0.3 is 5.97 Å². The van der Waals surface area contributed by atoms with E-state index in [-0.39, 0.29) is 18.2 Å². The van der Waals surface area contributed by atoms with Crippen molar-refractivity contribution < 1.29 is 14.7 Å². The van der Waals surface area contributed by atoms with Gasteiger partial charge in [-0.1, -0.05) is 31.5 Å². The Bertz CT molecular complexity index is 469. The van der Waals surface area contributed by atoms with E-state index in [4.69, 9.17) is 5.11 Å². The number of carbonyl (C=O) groups excluding carboxylic acids is 1. The quantitative estimate of drug-likeness (QED) is 0.805. The second kappa shape index (κ2) is 7.68. The summed E-state index contributed by atoms with van der Waals surface area (Å²) in [6.07, 6.45) is 0.882. The fourth-order valence-corrected chi connectivity index (χ4v) is 2.28. The Morgan fingerprint density at radius 1 is 1.30 bits per heavy atom. The zero-order valence-corrected chi connectivity index (χ0v) is 12.3. The minimum absolute atomic E-state index is 0.0266. The number of aliphatic carboxylic acids is 1. The molecule has 4 nitrogen and oxygen atoms in total. The maximum atomic E-state index is 12.0. The van der Waals surface area contributed by atoms with Crippen molar-refractivity contribution in [3.63, 3.8) is 0 Å². The second-order valence-electron chi connectivity index (χ2n) is 5.67. The third kappa shape index (κ3) is 5.87. The maximum absolute atomic E-state index is 12.0. The Morgan fingerprint density at radius 2 is 2.00 bits per heavy atom. The topological polar surface area (TPSA) is 66.4 Å². The van der Waals surface area contributed by atoms with Crippen LogP contribution >= 0.6 is 0 Å². The van der Waals surface area contributed by atoms with Crippen molar-refractivity contribution in [3.05, 3.63) is 35.4 Å². The van der Waals surface area contributed by atoms with Gasteiger partial charge in [0.25, 0.3) is 5.91 Å². The van der Waals surface area contributed by atoms with Gasteiger partial charge in [0, 0.05) is 18.5 Å². The lowest BCUT2D eigenvalue weighted by atomic mass is 9.94. The molecule has 0 saturated heterocycles. The molecule has 1 amide bonds. The molecule has 0 saturated carbocycles. The molecule has 0 aliphatic rings. The van der Waals surface area contributed by atoms with Gasteiger partial charge in [0.1, 0.15) is 0 Å². The molecule has 4 heteroatoms. The Balaban J connectivity index is 2.57. The van der Waals surface area contributed by atoms with E-state index in [9.17, 15) is 9.59 Å². The van der Waals surface area contributed by atoms with Crippen molar-refractivity contribution in [1.29, 1.82) is 0 Å². The van der Waals surface area contributed by atoms with Crippen molar-refractivity contribution in [2.75, 3.05) is 6.54 Å². The number of benzene rings is 1. The summed E-state index contributed by atoms with van der Waals surface area (Å²) in [6.45, 7) is 6.44. The standard InChI is InChI=1S/C16H23NO3/c1-11(2)7-13(9-15(18)19)10-17-16(20)14-6-4-5-12(3)8-14/h4-6,8,11,13H,7,9-10H2,1-3H3,(H,17,20)(H,18,19)/t13-/m0/s1. The summed E-state index contributed by atoms with van der Waals surface area (Å²) in [5.41, 5.74) is 1.64. The van der Waals surface area contributed by atoms with Gasteiger partial charge in [-0.15, -0.1) is 0 Å². The molecule has 20 heavy (non-hydrogen) atoms. The summed E-state index contributed by atoms with van der Waals surface area (Å²) in [4.78, 5) is 22.9. The van der Waals surface area contributed by atoms with E-state index in [0.29, 0.717) is 18.0 Å². The molecule has 1 atom stereocenters. The van der Waals surface area contributed by atoms with Gasteiger partial charge in [-0.2, -0.15) is 0 Å². The molecule has 0 fully saturated rings. The van der Waals surface area contributed by atoms with Gasteiger partial charge < -0.3 is 10.4 Å². The van der Waals surface area contributed by atoms with E-state index in [0.717, 1.165) is 12.0 Å². The van der Waals surface area contributed by atoms with E-state index >= 15 is 0 Å². The predicted molar refractivity (Wildman–Crippen MR) is 78.7 cm³/mol. The van der Waals surface area contributed by atoms with Crippen LogP contribution in [0.15, 0.2) is 24.3 Å². The van der Waals surface area contributed by atoms with E-state index in [1.165, 1.54) is 0 Å². The summed E-state index contributed by atoms with van der Waals surface area (Å²) >= 11 is 0. The smallest absolute Gasteiger partial charge is 0.303 e. The monoisotopic (exact) mass is 277 g/mol. The molecule has 0 unspecified atom stereocenters. The number of amides is 1. The first-order valence-corrected chi connectivity index (χ1v) is 6.95. The average molecular weight is 277 g/mol. The van der Waals surface area contributed by atoms with Gasteiger partial charge in [0.15, 0.2) is 0 Å². The predicted octanol–water partition coefficient (Wildman–Crippen LogP) is 2.86. The minimum atomic E-state index is -0.819. The molecule has 1 aromatic rings. The van der Waals surface area contributed by atoms with Crippen LogP contribution in [0, 0.1) is 18.8 Å². The molecular formula is C16H23NO3. The Hall–Kier alpha value is -1.84. The highest BCUT2D eigenvalue weighted by Gasteiger charge is 2.16. The highest BCUT2D eigenvalue weighted by Crippen LogP contribution is 2.15. The van der Waals surface area contributed by atoms with Gasteiger partial charge in [0.2, 0.25) is 0 Å². The highest BCUT2D eigenvalue weighted by molar-refractivity contribution is 5.94. The summed E-state index contributed by atoms with van der Waals surface area (Å²) in [5.74, 6) is -0.579. The third-order valence-corrected chi connectivity index (χ3v) is 3.10. The SMILES string of the molecule is Cc1cccc(C(=O)NC[C@H](CC(=O)O)CC(C)C)c1. The zero-order valence-electron chi connectivity index (χ0n) is 12.3. The van der Waals surface area contributed by atoms with Crippen molar-refractivity contribution >= 4 is 11.9 Å². The van der Waals surface area contributed by atoms with Crippen LogP contribution in [0.2, 0.25) is 0 Å². The molecule has 1 aromatic carbocycles. The van der Waals surface area contributed by atoms with Crippen LogP contribution in [0.3, 0.4) is 0 Å². The summed E-state index contributed by atoms with van der Waals surface area (Å²) < 4.78 is 0. The number of hydrogen-bond donors (Lipinski definition) is 2. The van der Waals surface area contributed by atoms with Crippen molar-refractivity contribution in [2.45, 2.75) is 33.6 Å². The zero-order chi connectivity index (χ0) is 15.1. The highest BCUT2D eigenvalue weighted by atomic mass is 16.4. The first-order chi connectivity index (χ1) is 9.38. The lowest BCUT2D eigenvalue weighted by Crippen LogP contribution is -2.31. The van der Waals surface area contributed by atoms with Crippen LogP contribution in [-0.2, 0) is 4.79 Å². The van der Waals surface area contributed by atoms with Crippen LogP contribution in [0.4, 0.5) is 0 Å². The Labute approximate surface area is 120 Å². The largest absolute Gasteiger partial charge is 0.481 e. The minimum Gasteiger partial charge on any atom is -0.481 e. The molecule has 2 N–H and O–H groups in total. The van der Waals surface area contributed by atoms with Crippen LogP contribution in [0.1, 0.15) is 42.6 Å². The fourth-order valence-electron chi connectivity index (χ4n) is 2.28. The van der Waals surface area contributed by atoms with Crippen molar-refractivity contribution in [3.8, 4) is 0 Å². The normalized spacial score (nSPS) is 12.2. The lowest BCUT2D eigenvalue weighted by Gasteiger charge is -2.17. The summed E-state index contributed by atoms with van der Waals surface area (Å²) in [7, 11) is 0. The number of carboxylic acid groups (broad SMARTS) is 1. The molecule has 0 spiro atoms. The van der Waals surface area contributed by atoms with Gasteiger partial charge in [-0.3, -0.25) is 9.59 Å². The second-order valence-corrected chi connectivity index (χ2v) is 5.67. The Kier molecular flexibility index (Phi) is 6.22. The first-order valence-electron chi connectivity index (χ1n) is 6.95.